The summed E-state index contributed by atoms with van der Waals surface area (Å²) >= 11 is 6.10. The van der Waals surface area contributed by atoms with Crippen LogP contribution in [0.4, 0.5) is 9.18 Å². The van der Waals surface area contributed by atoms with Crippen molar-refractivity contribution in [2.75, 3.05) is 40.4 Å². The predicted molar refractivity (Wildman–Crippen MR) is 149 cm³/mol. The van der Waals surface area contributed by atoms with Gasteiger partial charge in [0.2, 0.25) is 0 Å². The Kier molecular flexibility index (Phi) is 11.7. The fourth-order valence-corrected chi connectivity index (χ4v) is 6.41. The Balaban J connectivity index is 1.70. The minimum Gasteiger partial charge on any atom is -0.390 e. The summed E-state index contributed by atoms with van der Waals surface area (Å²) in [6, 6.07) is 4.59. The highest BCUT2D eigenvalue weighted by Gasteiger charge is 2.43. The first-order chi connectivity index (χ1) is 18.1. The van der Waals surface area contributed by atoms with E-state index < -0.39 is 17.0 Å². The van der Waals surface area contributed by atoms with E-state index in [2.05, 4.69) is 10.6 Å². The van der Waals surface area contributed by atoms with Crippen LogP contribution in [-0.2, 0) is 10.3 Å². The molecule has 1 aliphatic carbocycles. The molecule has 0 spiro atoms. The van der Waals surface area contributed by atoms with E-state index in [1.165, 1.54) is 6.07 Å². The number of amides is 2. The molecule has 4 N–H and O–H groups in total. The number of nitrogens with zero attached hydrogens (tertiary/aromatic N) is 1. The number of unbranched alkanes of at least 4 members (excludes halogenated alkanes) is 1. The zero-order valence-corrected chi connectivity index (χ0v) is 24.0. The van der Waals surface area contributed by atoms with Crippen LogP contribution in [0.2, 0.25) is 5.02 Å². The Morgan fingerprint density at radius 3 is 2.74 bits per heavy atom. The quantitative estimate of drug-likeness (QED) is 0.277. The van der Waals surface area contributed by atoms with E-state index in [0.717, 1.165) is 44.9 Å². The fraction of sp³-hybridized carbons (Fsp3) is 0.759. The number of methoxy groups -OCH3 is 1. The van der Waals surface area contributed by atoms with Crippen LogP contribution in [0.25, 0.3) is 0 Å². The van der Waals surface area contributed by atoms with Crippen molar-refractivity contribution >= 4 is 17.6 Å². The van der Waals surface area contributed by atoms with Gasteiger partial charge in [0.1, 0.15) is 5.82 Å². The van der Waals surface area contributed by atoms with Gasteiger partial charge in [-0.1, -0.05) is 23.7 Å². The normalized spacial score (nSPS) is 26.6. The van der Waals surface area contributed by atoms with E-state index >= 15 is 4.39 Å². The first-order valence-corrected chi connectivity index (χ1v) is 14.6. The number of piperidine rings is 1. The standard InChI is InChI=1S/C29H47ClFN3O4/c1-28(36)14-11-21(12-15-28)18-23(19-32-2)33-27(35)34-16-7-8-22(20-34)29(37,13-4-5-17-38-3)24-9-6-10-25(30)26(24)31/h6,9-10,21-23,32,36-37H,4-5,7-8,11-20H2,1-3H3,(H,33,35)/t21-,22-,23+,28-,29+/m1/s1. The van der Waals surface area contributed by atoms with Crippen LogP contribution >= 0.6 is 11.6 Å². The summed E-state index contributed by atoms with van der Waals surface area (Å²) in [5.74, 6) is -0.447. The van der Waals surface area contributed by atoms with Crippen LogP contribution in [-0.4, -0.2) is 73.2 Å². The van der Waals surface area contributed by atoms with Gasteiger partial charge in [-0.2, -0.15) is 0 Å². The molecule has 1 saturated heterocycles. The largest absolute Gasteiger partial charge is 0.390 e. The molecule has 2 fully saturated rings. The van der Waals surface area contributed by atoms with Gasteiger partial charge in [-0.3, -0.25) is 0 Å². The molecule has 216 valence electrons. The third-order valence-corrected chi connectivity index (χ3v) is 8.83. The second-order valence-electron chi connectivity index (χ2n) is 11.6. The highest BCUT2D eigenvalue weighted by atomic mass is 35.5. The lowest BCUT2D eigenvalue weighted by Crippen LogP contribution is -2.54. The maximum Gasteiger partial charge on any atom is 0.317 e. The van der Waals surface area contributed by atoms with E-state index in [-0.39, 0.29) is 28.6 Å². The number of likely N-dealkylation sites (tertiary alicyclic amines) is 1. The Labute approximate surface area is 232 Å². The van der Waals surface area contributed by atoms with Gasteiger partial charge >= 0.3 is 6.03 Å². The minimum atomic E-state index is -1.44. The van der Waals surface area contributed by atoms with Crippen molar-refractivity contribution in [2.45, 2.75) is 88.4 Å². The fourth-order valence-electron chi connectivity index (χ4n) is 6.23. The molecule has 9 heteroatoms. The highest BCUT2D eigenvalue weighted by molar-refractivity contribution is 6.30. The van der Waals surface area contributed by atoms with Gasteiger partial charge < -0.3 is 30.5 Å². The van der Waals surface area contributed by atoms with E-state index in [9.17, 15) is 15.0 Å². The number of aliphatic hydroxyl groups is 2. The Morgan fingerprint density at radius 2 is 2.05 bits per heavy atom. The molecule has 2 aliphatic rings. The number of rotatable bonds is 12. The third kappa shape index (κ3) is 8.28. The summed E-state index contributed by atoms with van der Waals surface area (Å²) in [7, 11) is 3.52. The third-order valence-electron chi connectivity index (χ3n) is 8.54. The summed E-state index contributed by atoms with van der Waals surface area (Å²) in [6.45, 7) is 4.07. The summed E-state index contributed by atoms with van der Waals surface area (Å²) in [6.07, 6.45) is 7.54. The average Bonchev–Trinajstić information content (AvgIpc) is 2.89. The molecule has 1 aromatic rings. The Morgan fingerprint density at radius 1 is 1.32 bits per heavy atom. The van der Waals surface area contributed by atoms with Crippen molar-refractivity contribution in [3.05, 3.63) is 34.6 Å². The highest BCUT2D eigenvalue weighted by Crippen LogP contribution is 2.42. The number of carbonyl (C=O) groups is 1. The van der Waals surface area contributed by atoms with Gasteiger partial charge in [0, 0.05) is 50.9 Å². The van der Waals surface area contributed by atoms with Crippen molar-refractivity contribution < 1.29 is 24.1 Å². The minimum absolute atomic E-state index is 0.0117. The van der Waals surface area contributed by atoms with Crippen molar-refractivity contribution in [1.29, 1.82) is 0 Å². The number of likely N-dealkylation sites (N-methyl/N-ethyl adjacent to an activating group) is 1. The second-order valence-corrected chi connectivity index (χ2v) is 12.0. The number of urea groups is 1. The molecule has 3 rings (SSSR count). The number of hydrogen-bond acceptors (Lipinski definition) is 5. The molecule has 1 saturated carbocycles. The number of halogens is 2. The van der Waals surface area contributed by atoms with E-state index in [1.807, 2.05) is 14.0 Å². The number of carbonyl (C=O) groups excluding carboxylic acids is 1. The van der Waals surface area contributed by atoms with Crippen LogP contribution in [0.1, 0.15) is 76.7 Å². The molecule has 0 radical (unpaired) electrons. The van der Waals surface area contributed by atoms with Gasteiger partial charge in [-0.05, 0) is 90.2 Å². The molecule has 2 amide bonds. The number of benzene rings is 1. The number of nitrogens with one attached hydrogen (secondary N) is 2. The number of ether oxygens (including phenoxy) is 1. The van der Waals surface area contributed by atoms with Gasteiger partial charge in [-0.25, -0.2) is 9.18 Å². The first kappa shape index (κ1) is 31.1. The van der Waals surface area contributed by atoms with Gasteiger partial charge in [0.25, 0.3) is 0 Å². The molecule has 3 atom stereocenters. The molecule has 7 nitrogen and oxygen atoms in total. The predicted octanol–water partition coefficient (Wildman–Crippen LogP) is 4.82. The second kappa shape index (κ2) is 14.3. The zero-order chi connectivity index (χ0) is 27.8. The average molecular weight is 556 g/mol. The summed E-state index contributed by atoms with van der Waals surface area (Å²) in [4.78, 5) is 15.2. The molecular formula is C29H47ClFN3O4. The lowest BCUT2D eigenvalue weighted by atomic mass is 9.74. The Hall–Kier alpha value is -1.45. The molecule has 0 bridgehead atoms. The summed E-state index contributed by atoms with van der Waals surface area (Å²) in [5, 5.41) is 28.7. The maximum absolute atomic E-state index is 15.2. The van der Waals surface area contributed by atoms with Gasteiger partial charge in [0.05, 0.1) is 16.2 Å². The van der Waals surface area contributed by atoms with Crippen LogP contribution in [0.3, 0.4) is 0 Å². The van der Waals surface area contributed by atoms with Crippen LogP contribution < -0.4 is 10.6 Å². The summed E-state index contributed by atoms with van der Waals surface area (Å²) in [5.41, 5.74) is -1.81. The lowest BCUT2D eigenvalue weighted by Gasteiger charge is -2.43. The van der Waals surface area contributed by atoms with Crippen molar-refractivity contribution in [3.63, 3.8) is 0 Å². The molecule has 0 aromatic heterocycles. The summed E-state index contributed by atoms with van der Waals surface area (Å²) < 4.78 is 20.3. The first-order valence-electron chi connectivity index (χ1n) is 14.2. The van der Waals surface area contributed by atoms with E-state index in [1.54, 1.807) is 24.1 Å². The van der Waals surface area contributed by atoms with Crippen molar-refractivity contribution in [2.24, 2.45) is 11.8 Å². The molecule has 1 aliphatic heterocycles. The molecule has 0 unspecified atom stereocenters. The molecule has 38 heavy (non-hydrogen) atoms. The van der Waals surface area contributed by atoms with Crippen LogP contribution in [0.15, 0.2) is 18.2 Å². The number of hydrogen-bond donors (Lipinski definition) is 4. The smallest absolute Gasteiger partial charge is 0.317 e. The maximum atomic E-state index is 15.2. The van der Waals surface area contributed by atoms with Crippen LogP contribution in [0, 0.1) is 17.7 Å². The van der Waals surface area contributed by atoms with Gasteiger partial charge in [-0.15, -0.1) is 0 Å². The topological polar surface area (TPSA) is 94.1 Å². The monoisotopic (exact) mass is 555 g/mol. The molecule has 1 aromatic carbocycles. The lowest BCUT2D eigenvalue weighted by molar-refractivity contribution is -0.0588. The van der Waals surface area contributed by atoms with E-state index in [0.29, 0.717) is 51.4 Å². The molecular weight excluding hydrogens is 509 g/mol. The van der Waals surface area contributed by atoms with Gasteiger partial charge in [0.15, 0.2) is 0 Å². The molecule has 1 heterocycles. The van der Waals surface area contributed by atoms with E-state index in [4.69, 9.17) is 16.3 Å². The zero-order valence-electron chi connectivity index (χ0n) is 23.3. The SMILES string of the molecule is CNC[C@H](C[C@H]1CC[C@](C)(O)CC1)NC(=O)N1CCC[C@@H]([C@@](O)(CCCCOC)c2cccc(Cl)c2F)C1. The van der Waals surface area contributed by atoms with Crippen molar-refractivity contribution in [1.82, 2.24) is 15.5 Å². The van der Waals surface area contributed by atoms with Crippen molar-refractivity contribution in [3.8, 4) is 0 Å². The van der Waals surface area contributed by atoms with Crippen LogP contribution in [0.5, 0.6) is 0 Å². The Bertz CT molecular complexity index is 895.